The molecule has 0 radical (unpaired) electrons. The van der Waals surface area contributed by atoms with E-state index in [0.717, 1.165) is 0 Å². The molecule has 0 atom stereocenters. The van der Waals surface area contributed by atoms with E-state index in [9.17, 15) is 26.3 Å². The average Bonchev–Trinajstić information content (AvgIpc) is 2.89. The molecule has 2 heterocycles. The number of alkyl halides is 6. The molecule has 0 unspecified atom stereocenters. The van der Waals surface area contributed by atoms with Crippen LogP contribution in [0, 0.1) is 0 Å². The van der Waals surface area contributed by atoms with Crippen LogP contribution < -0.4 is 4.52 Å². The van der Waals surface area contributed by atoms with Crippen molar-refractivity contribution in [3.8, 4) is 5.75 Å². The van der Waals surface area contributed by atoms with Crippen LogP contribution in [-0.4, -0.2) is 23.6 Å². The predicted molar refractivity (Wildman–Crippen MR) is 98.6 cm³/mol. The van der Waals surface area contributed by atoms with Crippen LogP contribution in [0.5, 0.6) is 5.75 Å². The monoisotopic (exact) mass is 466 g/mol. The number of hydrogen-bond acceptors (Lipinski definition) is 5. The van der Waals surface area contributed by atoms with Gasteiger partial charge in [-0.15, -0.1) is 0 Å². The van der Waals surface area contributed by atoms with E-state index < -0.39 is 39.1 Å². The fourth-order valence-electron chi connectivity index (χ4n) is 2.55. The Bertz CT molecular complexity index is 774. The molecule has 12 heteroatoms. The van der Waals surface area contributed by atoms with Crippen molar-refractivity contribution in [1.82, 2.24) is 0 Å². The van der Waals surface area contributed by atoms with Crippen molar-refractivity contribution in [2.24, 2.45) is 0 Å². The number of benzene rings is 1. The van der Waals surface area contributed by atoms with Gasteiger partial charge in [-0.05, 0) is 0 Å². The first kappa shape index (κ1) is 22.1. The number of allylic oxidation sites excluding steroid dienone is 2. The van der Waals surface area contributed by atoms with Gasteiger partial charge in [0, 0.05) is 0 Å². The summed E-state index contributed by atoms with van der Waals surface area (Å²) in [6.07, 6.45) is -10.5. The van der Waals surface area contributed by atoms with Gasteiger partial charge < -0.3 is 0 Å². The van der Waals surface area contributed by atoms with Gasteiger partial charge in [0.2, 0.25) is 0 Å². The molecule has 1 spiro atoms. The molecule has 0 aliphatic carbocycles. The van der Waals surface area contributed by atoms with Crippen LogP contribution in [0.2, 0.25) is 0 Å². The van der Waals surface area contributed by atoms with Gasteiger partial charge in [0.05, 0.1) is 0 Å². The van der Waals surface area contributed by atoms with Crippen molar-refractivity contribution in [2.75, 3.05) is 0 Å². The van der Waals surface area contributed by atoms with Crippen LogP contribution in [0.25, 0.3) is 0 Å². The van der Waals surface area contributed by atoms with E-state index in [-0.39, 0.29) is 28.5 Å². The Hall–Kier alpha value is -0.610. The molecule has 0 bridgehead atoms. The minimum absolute atomic E-state index is 0.0543. The zero-order valence-corrected chi connectivity index (χ0v) is 17.7. The molecule has 3 rings (SSSR count). The fourth-order valence-corrected chi connectivity index (χ4v) is 15.3. The topological polar surface area (TPSA) is 27.7 Å². The Labute approximate surface area is 165 Å². The van der Waals surface area contributed by atoms with Crippen molar-refractivity contribution in [1.29, 1.82) is 0 Å². The summed E-state index contributed by atoms with van der Waals surface area (Å²) in [4.78, 5) is -3.63. The number of hydrogen-bond donors (Lipinski definition) is 0. The molecular formula is C16H17F6O3PS2. The second-order valence-corrected chi connectivity index (χ2v) is 16.0. The van der Waals surface area contributed by atoms with Gasteiger partial charge in [-0.1, -0.05) is 0 Å². The molecule has 0 amide bonds. The third-order valence-corrected chi connectivity index (χ3v) is 14.0. The van der Waals surface area contributed by atoms with Crippen molar-refractivity contribution in [2.45, 2.75) is 51.2 Å². The predicted octanol–water partition coefficient (Wildman–Crippen LogP) is 7.61. The van der Waals surface area contributed by atoms with Crippen LogP contribution in [-0.2, 0) is 9.05 Å². The van der Waals surface area contributed by atoms with Gasteiger partial charge in [0.1, 0.15) is 0 Å². The number of rotatable bonds is 2. The van der Waals surface area contributed by atoms with Crippen molar-refractivity contribution >= 4 is 28.5 Å². The van der Waals surface area contributed by atoms with Gasteiger partial charge in [-0.3, -0.25) is 0 Å². The molecule has 0 aromatic heterocycles. The molecule has 28 heavy (non-hydrogen) atoms. The van der Waals surface area contributed by atoms with Crippen LogP contribution in [0.3, 0.4) is 0 Å². The van der Waals surface area contributed by atoms with Gasteiger partial charge in [-0.25, -0.2) is 0 Å². The van der Waals surface area contributed by atoms with Crippen LogP contribution >= 0.6 is 28.5 Å². The summed E-state index contributed by atoms with van der Waals surface area (Å²) in [7, 11) is 0. The molecule has 1 aromatic rings. The van der Waals surface area contributed by atoms with Gasteiger partial charge in [0.15, 0.2) is 0 Å². The first-order valence-corrected chi connectivity index (χ1v) is 12.8. The SMILES string of the molecule is CC1(C)OP2(Oc3ccccc3)(OC1(C)C)SC(C(F)(F)F)=C(C(F)(F)F)S2. The summed E-state index contributed by atoms with van der Waals surface area (Å²) < 4.78 is 98.9. The van der Waals surface area contributed by atoms with Crippen LogP contribution in [0.1, 0.15) is 27.7 Å². The second-order valence-electron chi connectivity index (χ2n) is 7.19. The maximum absolute atomic E-state index is 13.5. The molecule has 158 valence electrons. The number of para-hydroxylation sites is 1. The van der Waals surface area contributed by atoms with E-state index >= 15 is 0 Å². The van der Waals surface area contributed by atoms with Crippen molar-refractivity contribution in [3.63, 3.8) is 0 Å². The van der Waals surface area contributed by atoms with Gasteiger partial charge in [0.25, 0.3) is 0 Å². The zero-order chi connectivity index (χ0) is 21.3. The van der Waals surface area contributed by atoms with E-state index in [1.165, 1.54) is 12.1 Å². The second kappa shape index (κ2) is 6.20. The summed E-state index contributed by atoms with van der Waals surface area (Å²) in [6.45, 7) is 6.18. The summed E-state index contributed by atoms with van der Waals surface area (Å²) >= 11 is -0.258. The zero-order valence-electron chi connectivity index (χ0n) is 15.1. The van der Waals surface area contributed by atoms with E-state index in [0.29, 0.717) is 0 Å². The normalized spacial score (nSPS) is 26.9. The van der Waals surface area contributed by atoms with E-state index in [1.54, 1.807) is 45.9 Å². The fraction of sp³-hybridized carbons (Fsp3) is 0.500. The Balaban J connectivity index is 2.19. The Morgan fingerprint density at radius 1 is 0.786 bits per heavy atom. The molecule has 1 saturated heterocycles. The minimum atomic E-state index is -5.24. The van der Waals surface area contributed by atoms with Crippen LogP contribution in [0.4, 0.5) is 26.3 Å². The van der Waals surface area contributed by atoms with Crippen molar-refractivity contribution in [3.05, 3.63) is 40.1 Å². The van der Waals surface area contributed by atoms with E-state index in [4.69, 9.17) is 13.6 Å². The molecular weight excluding hydrogens is 449 g/mol. The van der Waals surface area contributed by atoms with E-state index in [2.05, 4.69) is 0 Å². The summed E-state index contributed by atoms with van der Waals surface area (Å²) in [5, 5.41) is 0. The maximum atomic E-state index is 13.5. The molecule has 2 aliphatic rings. The van der Waals surface area contributed by atoms with E-state index in [1.807, 2.05) is 0 Å². The first-order chi connectivity index (χ1) is 12.5. The summed E-state index contributed by atoms with van der Waals surface area (Å²) in [5.74, 6) is 0.0543. The molecule has 1 fully saturated rings. The quantitative estimate of drug-likeness (QED) is 0.330. The molecule has 0 N–H and O–H groups in total. The third-order valence-electron chi connectivity index (χ3n) is 4.40. The summed E-state index contributed by atoms with van der Waals surface area (Å²) in [5.41, 5.74) is -7.48. The Kier molecular flexibility index (Phi) is 4.89. The molecule has 1 aromatic carbocycles. The Morgan fingerprint density at radius 2 is 1.18 bits per heavy atom. The Morgan fingerprint density at radius 3 is 1.54 bits per heavy atom. The van der Waals surface area contributed by atoms with Crippen LogP contribution in [0.15, 0.2) is 40.1 Å². The molecule has 3 nitrogen and oxygen atoms in total. The third kappa shape index (κ3) is 3.64. The molecule has 0 saturated carbocycles. The first-order valence-electron chi connectivity index (χ1n) is 7.98. The number of halogens is 6. The average molecular weight is 466 g/mol. The van der Waals surface area contributed by atoms with Gasteiger partial charge in [-0.2, -0.15) is 0 Å². The molecule has 2 aliphatic heterocycles. The summed E-state index contributed by atoms with van der Waals surface area (Å²) in [6, 6.07) is 7.58. The van der Waals surface area contributed by atoms with Gasteiger partial charge >= 0.3 is 166 Å². The standard InChI is InChI=1S/C16H17F6O3PS2/c1-13(2)14(3,4)25-26(24-13,23-10-8-6-5-7-9-10)27-11(15(17,18)19)12(28-26)16(20,21)22/h5-9H,1-4H3. The van der Waals surface area contributed by atoms with Crippen molar-refractivity contribution < 1.29 is 39.9 Å².